The summed E-state index contributed by atoms with van der Waals surface area (Å²) >= 11 is 0. The minimum absolute atomic E-state index is 0.509. The summed E-state index contributed by atoms with van der Waals surface area (Å²) in [6.45, 7) is 2.88. The Labute approximate surface area is 134 Å². The van der Waals surface area contributed by atoms with Crippen LogP contribution in [-0.2, 0) is 14.2 Å². The summed E-state index contributed by atoms with van der Waals surface area (Å²) in [7, 11) is 0. The van der Waals surface area contributed by atoms with E-state index in [1.54, 1.807) is 6.92 Å². The van der Waals surface area contributed by atoms with Crippen LogP contribution >= 0.6 is 0 Å². The molecule has 23 heavy (non-hydrogen) atoms. The molecular weight excluding hydrogens is 312 g/mol. The minimum atomic E-state index is -1.58. The molecule has 0 bridgehead atoms. The van der Waals surface area contributed by atoms with Gasteiger partial charge in [0.05, 0.1) is 18.8 Å². The predicted octanol–water partition coefficient (Wildman–Crippen LogP) is -2.91. The highest BCUT2D eigenvalue weighted by Gasteiger charge is 2.49. The largest absolute Gasteiger partial charge is 0.394 e. The second kappa shape index (κ2) is 7.68. The Balaban J connectivity index is 2.08. The number of hydrogen-bond acceptors (Lipinski definition) is 9. The van der Waals surface area contributed by atoms with E-state index in [0.717, 1.165) is 0 Å². The zero-order chi connectivity index (χ0) is 17.3. The maximum atomic E-state index is 10.2. The van der Waals surface area contributed by atoms with E-state index in [-0.39, 0.29) is 0 Å². The van der Waals surface area contributed by atoms with Gasteiger partial charge in [0.25, 0.3) is 0 Å². The van der Waals surface area contributed by atoms with Crippen LogP contribution in [0.15, 0.2) is 0 Å². The van der Waals surface area contributed by atoms with Gasteiger partial charge >= 0.3 is 0 Å². The quantitative estimate of drug-likeness (QED) is 0.317. The Hall–Kier alpha value is -0.360. The molecule has 2 aliphatic rings. The summed E-state index contributed by atoms with van der Waals surface area (Å²) in [5, 5.41) is 58.8. The van der Waals surface area contributed by atoms with Gasteiger partial charge in [-0.1, -0.05) is 6.92 Å². The van der Waals surface area contributed by atoms with Gasteiger partial charge in [0.2, 0.25) is 0 Å². The van der Waals surface area contributed by atoms with Crippen molar-refractivity contribution < 1.29 is 44.8 Å². The zero-order valence-electron chi connectivity index (χ0n) is 13.1. The summed E-state index contributed by atoms with van der Waals surface area (Å²) < 4.78 is 16.3. The SMILES string of the molecule is CCC1OC(C)C(OC2OC(CO)C(O)C(O)C2O)C(O)C1O. The van der Waals surface area contributed by atoms with Crippen molar-refractivity contribution in [1.82, 2.24) is 0 Å². The second-order valence-corrected chi connectivity index (χ2v) is 6.07. The molecule has 0 amide bonds. The van der Waals surface area contributed by atoms with Gasteiger partial charge in [-0.25, -0.2) is 0 Å². The smallest absolute Gasteiger partial charge is 0.187 e. The van der Waals surface area contributed by atoms with Crippen LogP contribution in [0.2, 0.25) is 0 Å². The topological polar surface area (TPSA) is 149 Å². The first-order valence-corrected chi connectivity index (χ1v) is 7.79. The third-order valence-corrected chi connectivity index (χ3v) is 4.46. The van der Waals surface area contributed by atoms with Crippen LogP contribution in [0.25, 0.3) is 0 Å². The number of hydrogen-bond donors (Lipinski definition) is 6. The normalized spacial score (nSPS) is 51.7. The van der Waals surface area contributed by atoms with E-state index in [4.69, 9.17) is 19.3 Å². The molecule has 9 heteroatoms. The minimum Gasteiger partial charge on any atom is -0.394 e. The molecule has 6 N–H and O–H groups in total. The lowest BCUT2D eigenvalue weighted by Gasteiger charge is -2.45. The van der Waals surface area contributed by atoms with Crippen molar-refractivity contribution in [3.8, 4) is 0 Å². The Bertz CT molecular complexity index is 379. The molecule has 0 aliphatic carbocycles. The second-order valence-electron chi connectivity index (χ2n) is 6.07. The van der Waals surface area contributed by atoms with E-state index in [2.05, 4.69) is 0 Å². The molecule has 0 aromatic carbocycles. The van der Waals surface area contributed by atoms with Crippen molar-refractivity contribution in [2.24, 2.45) is 0 Å². The molecule has 0 aromatic rings. The van der Waals surface area contributed by atoms with Crippen LogP contribution in [0.5, 0.6) is 0 Å². The fourth-order valence-electron chi connectivity index (χ4n) is 2.99. The van der Waals surface area contributed by atoms with Crippen molar-refractivity contribution in [2.75, 3.05) is 6.61 Å². The first-order chi connectivity index (χ1) is 10.8. The van der Waals surface area contributed by atoms with Crippen molar-refractivity contribution >= 4 is 0 Å². The number of aliphatic hydroxyl groups excluding tert-OH is 6. The van der Waals surface area contributed by atoms with Crippen LogP contribution in [-0.4, -0.2) is 98.5 Å². The van der Waals surface area contributed by atoms with E-state index in [1.807, 2.05) is 6.92 Å². The van der Waals surface area contributed by atoms with Crippen LogP contribution in [0.1, 0.15) is 20.3 Å². The van der Waals surface area contributed by atoms with Crippen molar-refractivity contribution in [3.63, 3.8) is 0 Å². The predicted molar refractivity (Wildman–Crippen MR) is 75.3 cm³/mol. The molecule has 10 unspecified atom stereocenters. The molecular formula is C14H26O9. The van der Waals surface area contributed by atoms with E-state index >= 15 is 0 Å². The van der Waals surface area contributed by atoms with Gasteiger partial charge in [-0.3, -0.25) is 0 Å². The van der Waals surface area contributed by atoms with Gasteiger partial charge in [0, 0.05) is 0 Å². The number of aliphatic hydroxyl groups is 6. The average molecular weight is 338 g/mol. The first kappa shape index (κ1) is 19.0. The molecule has 10 atom stereocenters. The Morgan fingerprint density at radius 1 is 0.826 bits per heavy atom. The van der Waals surface area contributed by atoms with Crippen molar-refractivity contribution in [1.29, 1.82) is 0 Å². The van der Waals surface area contributed by atoms with Crippen LogP contribution in [0, 0.1) is 0 Å². The molecule has 2 aliphatic heterocycles. The fourth-order valence-corrected chi connectivity index (χ4v) is 2.99. The fraction of sp³-hybridized carbons (Fsp3) is 1.00. The monoisotopic (exact) mass is 338 g/mol. The summed E-state index contributed by atoms with van der Waals surface area (Å²) in [6, 6.07) is 0. The van der Waals surface area contributed by atoms with Crippen LogP contribution in [0.3, 0.4) is 0 Å². The molecule has 9 nitrogen and oxygen atoms in total. The highest BCUT2D eigenvalue weighted by Crippen LogP contribution is 2.29. The molecule has 2 saturated heterocycles. The zero-order valence-corrected chi connectivity index (χ0v) is 13.1. The molecule has 0 spiro atoms. The highest BCUT2D eigenvalue weighted by atomic mass is 16.7. The Kier molecular flexibility index (Phi) is 6.34. The molecule has 2 fully saturated rings. The summed E-state index contributed by atoms with van der Waals surface area (Å²) in [4.78, 5) is 0. The van der Waals surface area contributed by atoms with E-state index in [0.29, 0.717) is 6.42 Å². The van der Waals surface area contributed by atoms with Gasteiger partial charge in [-0.05, 0) is 13.3 Å². The van der Waals surface area contributed by atoms with E-state index < -0.39 is 67.8 Å². The average Bonchev–Trinajstić information content (AvgIpc) is 2.54. The lowest BCUT2D eigenvalue weighted by atomic mass is 9.93. The molecule has 0 radical (unpaired) electrons. The molecule has 2 rings (SSSR count). The van der Waals surface area contributed by atoms with Gasteiger partial charge in [-0.2, -0.15) is 0 Å². The van der Waals surface area contributed by atoms with Crippen LogP contribution in [0.4, 0.5) is 0 Å². The third-order valence-electron chi connectivity index (χ3n) is 4.46. The highest BCUT2D eigenvalue weighted by molar-refractivity contribution is 4.94. The summed E-state index contributed by atoms with van der Waals surface area (Å²) in [6.07, 6.45) is -11.2. The summed E-state index contributed by atoms with van der Waals surface area (Å²) in [5.41, 5.74) is 0. The van der Waals surface area contributed by atoms with Crippen molar-refractivity contribution in [3.05, 3.63) is 0 Å². The summed E-state index contributed by atoms with van der Waals surface area (Å²) in [5.74, 6) is 0. The van der Waals surface area contributed by atoms with Crippen LogP contribution < -0.4 is 0 Å². The lowest BCUT2D eigenvalue weighted by molar-refractivity contribution is -0.339. The molecule has 2 heterocycles. The van der Waals surface area contributed by atoms with E-state index in [1.165, 1.54) is 0 Å². The van der Waals surface area contributed by atoms with Gasteiger partial charge in [-0.15, -0.1) is 0 Å². The van der Waals surface area contributed by atoms with Gasteiger partial charge in [0.1, 0.15) is 42.7 Å². The molecule has 0 saturated carbocycles. The number of rotatable bonds is 4. The number of ether oxygens (including phenoxy) is 3. The van der Waals surface area contributed by atoms with Gasteiger partial charge < -0.3 is 44.8 Å². The van der Waals surface area contributed by atoms with Crippen molar-refractivity contribution in [2.45, 2.75) is 81.5 Å². The first-order valence-electron chi connectivity index (χ1n) is 7.79. The third kappa shape index (κ3) is 3.68. The molecule has 136 valence electrons. The lowest BCUT2D eigenvalue weighted by Crippen LogP contribution is -2.63. The molecule has 0 aromatic heterocycles. The van der Waals surface area contributed by atoms with Gasteiger partial charge in [0.15, 0.2) is 6.29 Å². The maximum absolute atomic E-state index is 10.2. The standard InChI is InChI=1S/C14H26O9/c1-3-6-8(16)11(19)13(5(2)21-6)23-14-12(20)10(18)9(17)7(4-15)22-14/h5-20H,3-4H2,1-2H3. The Morgan fingerprint density at radius 3 is 2.00 bits per heavy atom. The maximum Gasteiger partial charge on any atom is 0.187 e. The Morgan fingerprint density at radius 2 is 1.43 bits per heavy atom. The van der Waals surface area contributed by atoms with E-state index in [9.17, 15) is 25.5 Å².